The van der Waals surface area contributed by atoms with E-state index in [0.717, 1.165) is 32.0 Å². The summed E-state index contributed by atoms with van der Waals surface area (Å²) >= 11 is 0. The molecule has 1 aromatic rings. The van der Waals surface area contributed by atoms with Crippen molar-refractivity contribution in [1.82, 2.24) is 10.2 Å². The summed E-state index contributed by atoms with van der Waals surface area (Å²) < 4.78 is 0. The van der Waals surface area contributed by atoms with Crippen LogP contribution in [0.5, 0.6) is 0 Å². The molecule has 1 aromatic carbocycles. The van der Waals surface area contributed by atoms with Crippen LogP contribution >= 0.6 is 0 Å². The molecule has 1 saturated carbocycles. The van der Waals surface area contributed by atoms with Crippen LogP contribution in [0.4, 0.5) is 0 Å². The number of carbonyl (C=O) groups excluding carboxylic acids is 1. The minimum absolute atomic E-state index is 0.115. The molecular weight excluding hydrogens is 262 g/mol. The maximum atomic E-state index is 12.4. The van der Waals surface area contributed by atoms with Crippen LogP contribution in [0.3, 0.4) is 0 Å². The summed E-state index contributed by atoms with van der Waals surface area (Å²) in [5.74, 6) is -0.00799. The van der Waals surface area contributed by atoms with Crippen molar-refractivity contribution in [3.8, 4) is 0 Å². The monoisotopic (exact) mass is 287 g/mol. The highest BCUT2D eigenvalue weighted by Crippen LogP contribution is 2.29. The molecule has 0 radical (unpaired) electrons. The first kappa shape index (κ1) is 14.5. The molecule has 1 aliphatic heterocycles. The van der Waals surface area contributed by atoms with Crippen LogP contribution in [-0.4, -0.2) is 42.5 Å². The highest BCUT2D eigenvalue weighted by atomic mass is 16.2. The molecule has 2 atom stereocenters. The van der Waals surface area contributed by atoms with Crippen LogP contribution in [0.15, 0.2) is 30.3 Å². The predicted molar refractivity (Wildman–Crippen MR) is 83.8 cm³/mol. The SMILES string of the molecule is NCC(Cc1ccccc1)C(=O)NC1CCN(C2CC2)C1. The lowest BCUT2D eigenvalue weighted by molar-refractivity contribution is -0.125. The van der Waals surface area contributed by atoms with Gasteiger partial charge in [-0.1, -0.05) is 30.3 Å². The molecule has 21 heavy (non-hydrogen) atoms. The van der Waals surface area contributed by atoms with Crippen molar-refractivity contribution in [3.63, 3.8) is 0 Å². The molecule has 4 nitrogen and oxygen atoms in total. The zero-order chi connectivity index (χ0) is 14.7. The highest BCUT2D eigenvalue weighted by molar-refractivity contribution is 5.79. The number of nitrogens with zero attached hydrogens (tertiary/aromatic N) is 1. The van der Waals surface area contributed by atoms with Gasteiger partial charge in [-0.15, -0.1) is 0 Å². The average molecular weight is 287 g/mol. The van der Waals surface area contributed by atoms with E-state index in [9.17, 15) is 4.79 Å². The van der Waals surface area contributed by atoms with Gasteiger partial charge in [-0.25, -0.2) is 0 Å². The molecule has 114 valence electrons. The van der Waals surface area contributed by atoms with Crippen molar-refractivity contribution >= 4 is 5.91 Å². The molecule has 1 aliphatic carbocycles. The molecule has 0 bridgehead atoms. The van der Waals surface area contributed by atoms with Crippen LogP contribution in [0.25, 0.3) is 0 Å². The fraction of sp³-hybridized carbons (Fsp3) is 0.588. The summed E-state index contributed by atoms with van der Waals surface area (Å²) in [6.07, 6.45) is 4.47. The van der Waals surface area contributed by atoms with Gasteiger partial charge >= 0.3 is 0 Å². The van der Waals surface area contributed by atoms with Gasteiger partial charge < -0.3 is 11.1 Å². The van der Waals surface area contributed by atoms with E-state index in [1.54, 1.807) is 0 Å². The van der Waals surface area contributed by atoms with Crippen molar-refractivity contribution < 1.29 is 4.79 Å². The van der Waals surface area contributed by atoms with E-state index >= 15 is 0 Å². The summed E-state index contributed by atoms with van der Waals surface area (Å²) in [6, 6.07) is 11.2. The second-order valence-electron chi connectivity index (χ2n) is 6.34. The van der Waals surface area contributed by atoms with Gasteiger partial charge in [0.05, 0.1) is 5.92 Å². The van der Waals surface area contributed by atoms with Crippen molar-refractivity contribution in [2.45, 2.75) is 37.8 Å². The molecule has 2 fully saturated rings. The molecule has 2 aliphatic rings. The lowest BCUT2D eigenvalue weighted by Gasteiger charge is -2.19. The van der Waals surface area contributed by atoms with Gasteiger partial charge in [0.2, 0.25) is 5.91 Å². The maximum Gasteiger partial charge on any atom is 0.224 e. The van der Waals surface area contributed by atoms with Crippen molar-refractivity contribution in [2.24, 2.45) is 11.7 Å². The Morgan fingerprint density at radius 2 is 2.05 bits per heavy atom. The number of nitrogens with two attached hydrogens (primary N) is 1. The van der Waals surface area contributed by atoms with Gasteiger partial charge in [0, 0.05) is 31.7 Å². The molecule has 0 aromatic heterocycles. The van der Waals surface area contributed by atoms with E-state index in [-0.39, 0.29) is 11.8 Å². The highest BCUT2D eigenvalue weighted by Gasteiger charge is 2.35. The van der Waals surface area contributed by atoms with Gasteiger partial charge in [0.25, 0.3) is 0 Å². The topological polar surface area (TPSA) is 58.4 Å². The van der Waals surface area contributed by atoms with Crippen molar-refractivity contribution in [1.29, 1.82) is 0 Å². The Labute approximate surface area is 126 Å². The second-order valence-corrected chi connectivity index (χ2v) is 6.34. The Balaban J connectivity index is 1.51. The van der Waals surface area contributed by atoms with Crippen LogP contribution < -0.4 is 11.1 Å². The standard InChI is InChI=1S/C17H25N3O/c18-11-14(10-13-4-2-1-3-5-13)17(21)19-15-8-9-20(12-15)16-6-7-16/h1-5,14-16H,6-12,18H2,(H,19,21). The largest absolute Gasteiger partial charge is 0.352 e. The van der Waals surface area contributed by atoms with Gasteiger partial charge in [0.1, 0.15) is 0 Å². The van der Waals surface area contributed by atoms with E-state index in [1.807, 2.05) is 18.2 Å². The molecule has 1 amide bonds. The Kier molecular flexibility index (Phi) is 4.56. The quantitative estimate of drug-likeness (QED) is 0.825. The third kappa shape index (κ3) is 3.83. The summed E-state index contributed by atoms with van der Waals surface area (Å²) in [5, 5.41) is 3.20. The molecular formula is C17H25N3O. The normalized spacial score (nSPS) is 24.0. The number of carbonyl (C=O) groups is 1. The number of benzene rings is 1. The zero-order valence-corrected chi connectivity index (χ0v) is 12.5. The minimum Gasteiger partial charge on any atom is -0.352 e. The van der Waals surface area contributed by atoms with E-state index < -0.39 is 0 Å². The third-order valence-corrected chi connectivity index (χ3v) is 4.61. The van der Waals surface area contributed by atoms with Crippen molar-refractivity contribution in [2.75, 3.05) is 19.6 Å². The third-order valence-electron chi connectivity index (χ3n) is 4.61. The summed E-state index contributed by atoms with van der Waals surface area (Å²) in [5.41, 5.74) is 6.99. The first-order valence-corrected chi connectivity index (χ1v) is 8.04. The first-order chi connectivity index (χ1) is 10.3. The number of nitrogens with one attached hydrogen (secondary N) is 1. The molecule has 1 heterocycles. The Morgan fingerprint density at radius 3 is 2.71 bits per heavy atom. The van der Waals surface area contributed by atoms with Crippen LogP contribution in [-0.2, 0) is 11.2 Å². The molecule has 4 heteroatoms. The zero-order valence-electron chi connectivity index (χ0n) is 12.5. The second kappa shape index (κ2) is 6.58. The van der Waals surface area contributed by atoms with Gasteiger partial charge in [-0.2, -0.15) is 0 Å². The fourth-order valence-electron chi connectivity index (χ4n) is 3.18. The molecule has 0 spiro atoms. The van der Waals surface area contributed by atoms with Gasteiger partial charge in [-0.05, 0) is 31.2 Å². The number of rotatable bonds is 6. The molecule has 2 unspecified atom stereocenters. The average Bonchev–Trinajstić information content (AvgIpc) is 3.26. The number of hydrogen-bond acceptors (Lipinski definition) is 3. The number of likely N-dealkylation sites (tertiary alicyclic amines) is 1. The first-order valence-electron chi connectivity index (χ1n) is 8.04. The predicted octanol–water partition coefficient (Wildman–Crippen LogP) is 1.16. The Morgan fingerprint density at radius 1 is 1.29 bits per heavy atom. The molecule has 3 rings (SSSR count). The Hall–Kier alpha value is -1.39. The van der Waals surface area contributed by atoms with Gasteiger partial charge in [0.15, 0.2) is 0 Å². The van der Waals surface area contributed by atoms with E-state index in [0.29, 0.717) is 12.6 Å². The summed E-state index contributed by atoms with van der Waals surface area (Å²) in [7, 11) is 0. The van der Waals surface area contributed by atoms with Crippen LogP contribution in [0.1, 0.15) is 24.8 Å². The van der Waals surface area contributed by atoms with Crippen molar-refractivity contribution in [3.05, 3.63) is 35.9 Å². The Bertz CT molecular complexity index is 472. The number of hydrogen-bond donors (Lipinski definition) is 2. The van der Waals surface area contributed by atoms with Crippen LogP contribution in [0, 0.1) is 5.92 Å². The summed E-state index contributed by atoms with van der Waals surface area (Å²) in [6.45, 7) is 2.54. The van der Waals surface area contributed by atoms with E-state index in [2.05, 4.69) is 22.3 Å². The summed E-state index contributed by atoms with van der Waals surface area (Å²) in [4.78, 5) is 14.9. The maximum absolute atomic E-state index is 12.4. The molecule has 1 saturated heterocycles. The minimum atomic E-state index is -0.123. The number of amides is 1. The lowest BCUT2D eigenvalue weighted by atomic mass is 9.98. The smallest absolute Gasteiger partial charge is 0.224 e. The fourth-order valence-corrected chi connectivity index (χ4v) is 3.18. The molecule has 3 N–H and O–H groups in total. The van der Waals surface area contributed by atoms with E-state index in [1.165, 1.54) is 18.4 Å². The van der Waals surface area contributed by atoms with Gasteiger partial charge in [-0.3, -0.25) is 9.69 Å². The van der Waals surface area contributed by atoms with Crippen LogP contribution in [0.2, 0.25) is 0 Å². The van der Waals surface area contributed by atoms with E-state index in [4.69, 9.17) is 5.73 Å². The lowest BCUT2D eigenvalue weighted by Crippen LogP contribution is -2.43.